The van der Waals surface area contributed by atoms with E-state index >= 15 is 0 Å². The summed E-state index contributed by atoms with van der Waals surface area (Å²) in [4.78, 5) is 21.4. The van der Waals surface area contributed by atoms with E-state index in [0.717, 1.165) is 0 Å². The lowest BCUT2D eigenvalue weighted by atomic mass is 10.2. The Morgan fingerprint density at radius 2 is 2.06 bits per heavy atom. The average Bonchev–Trinajstić information content (AvgIpc) is 2.24. The SMILES string of the molecule is COCCNC(=O)CCNCC(O)CC(=O)O. The van der Waals surface area contributed by atoms with Crippen LogP contribution in [0.4, 0.5) is 0 Å². The molecule has 1 amide bonds. The van der Waals surface area contributed by atoms with Crippen LogP contribution < -0.4 is 10.6 Å². The van der Waals surface area contributed by atoms with Gasteiger partial charge in [0.05, 0.1) is 19.1 Å². The Morgan fingerprint density at radius 3 is 2.65 bits per heavy atom. The Hall–Kier alpha value is -1.18. The Morgan fingerprint density at radius 1 is 1.35 bits per heavy atom. The van der Waals surface area contributed by atoms with Crippen molar-refractivity contribution in [2.75, 3.05) is 33.4 Å². The van der Waals surface area contributed by atoms with E-state index in [0.29, 0.717) is 19.7 Å². The van der Waals surface area contributed by atoms with Crippen molar-refractivity contribution in [1.29, 1.82) is 0 Å². The van der Waals surface area contributed by atoms with Crippen LogP contribution >= 0.6 is 0 Å². The van der Waals surface area contributed by atoms with Gasteiger partial charge in [-0.2, -0.15) is 0 Å². The summed E-state index contributed by atoms with van der Waals surface area (Å²) in [5.41, 5.74) is 0. The summed E-state index contributed by atoms with van der Waals surface area (Å²) in [6, 6.07) is 0. The number of rotatable bonds is 10. The molecule has 0 bridgehead atoms. The van der Waals surface area contributed by atoms with Crippen molar-refractivity contribution in [2.24, 2.45) is 0 Å². The lowest BCUT2D eigenvalue weighted by molar-refractivity contribution is -0.139. The Balaban J connectivity index is 3.38. The van der Waals surface area contributed by atoms with Gasteiger partial charge in [-0.1, -0.05) is 0 Å². The highest BCUT2D eigenvalue weighted by atomic mass is 16.5. The van der Waals surface area contributed by atoms with Crippen LogP contribution in [0.1, 0.15) is 12.8 Å². The highest BCUT2D eigenvalue weighted by Gasteiger charge is 2.08. The summed E-state index contributed by atoms with van der Waals surface area (Å²) < 4.78 is 4.77. The molecule has 0 fully saturated rings. The zero-order chi connectivity index (χ0) is 13.1. The molecule has 0 rings (SSSR count). The number of hydrogen-bond acceptors (Lipinski definition) is 5. The van der Waals surface area contributed by atoms with Gasteiger partial charge in [-0.15, -0.1) is 0 Å². The first-order chi connectivity index (χ1) is 8.06. The lowest BCUT2D eigenvalue weighted by Crippen LogP contribution is -2.33. The second-order valence-corrected chi connectivity index (χ2v) is 3.55. The number of carbonyl (C=O) groups excluding carboxylic acids is 1. The second-order valence-electron chi connectivity index (χ2n) is 3.55. The number of ether oxygens (including phenoxy) is 1. The van der Waals surface area contributed by atoms with Gasteiger partial charge in [0.25, 0.3) is 0 Å². The molecule has 17 heavy (non-hydrogen) atoms. The van der Waals surface area contributed by atoms with Crippen molar-refractivity contribution >= 4 is 11.9 Å². The summed E-state index contributed by atoms with van der Waals surface area (Å²) >= 11 is 0. The fourth-order valence-electron chi connectivity index (χ4n) is 1.13. The van der Waals surface area contributed by atoms with E-state index in [1.807, 2.05) is 0 Å². The second kappa shape index (κ2) is 10.0. The first-order valence-corrected chi connectivity index (χ1v) is 5.42. The number of carboxylic acids is 1. The zero-order valence-electron chi connectivity index (χ0n) is 9.94. The molecule has 0 aromatic rings. The van der Waals surface area contributed by atoms with Crippen LogP contribution in [0.5, 0.6) is 0 Å². The molecule has 100 valence electrons. The maximum absolute atomic E-state index is 11.2. The molecule has 0 aliphatic rings. The zero-order valence-corrected chi connectivity index (χ0v) is 9.94. The molecular weight excluding hydrogens is 228 g/mol. The molecule has 0 aromatic carbocycles. The van der Waals surface area contributed by atoms with Crippen LogP contribution in [0.3, 0.4) is 0 Å². The number of hydrogen-bond donors (Lipinski definition) is 4. The summed E-state index contributed by atoms with van der Waals surface area (Å²) in [5.74, 6) is -1.15. The molecule has 0 aliphatic heterocycles. The molecule has 0 saturated heterocycles. The van der Waals surface area contributed by atoms with E-state index in [1.165, 1.54) is 0 Å². The standard InChI is InChI=1S/C10H20N2O5/c1-17-5-4-12-9(14)2-3-11-7-8(13)6-10(15)16/h8,11,13H,2-7H2,1H3,(H,12,14)(H,15,16). The van der Waals surface area contributed by atoms with Gasteiger partial charge in [0.2, 0.25) is 5.91 Å². The fraction of sp³-hybridized carbons (Fsp3) is 0.800. The summed E-state index contributed by atoms with van der Waals surface area (Å²) in [7, 11) is 1.55. The van der Waals surface area contributed by atoms with Gasteiger partial charge in [-0.05, 0) is 0 Å². The molecule has 1 atom stereocenters. The van der Waals surface area contributed by atoms with E-state index in [4.69, 9.17) is 9.84 Å². The van der Waals surface area contributed by atoms with Crippen molar-refractivity contribution in [2.45, 2.75) is 18.9 Å². The molecule has 0 aliphatic carbocycles. The predicted octanol–water partition coefficient (Wildman–Crippen LogP) is -1.44. The molecule has 0 saturated carbocycles. The molecule has 0 radical (unpaired) electrons. The topological polar surface area (TPSA) is 108 Å². The number of aliphatic hydroxyl groups excluding tert-OH is 1. The number of aliphatic carboxylic acids is 1. The third-order valence-electron chi connectivity index (χ3n) is 1.95. The van der Waals surface area contributed by atoms with Crippen molar-refractivity contribution in [3.63, 3.8) is 0 Å². The van der Waals surface area contributed by atoms with Crippen LogP contribution in [0.15, 0.2) is 0 Å². The quantitative estimate of drug-likeness (QED) is 0.353. The molecule has 4 N–H and O–H groups in total. The van der Waals surface area contributed by atoms with Gasteiger partial charge in [-0.3, -0.25) is 9.59 Å². The third kappa shape index (κ3) is 11.1. The minimum atomic E-state index is -1.04. The number of amides is 1. The number of carboxylic acid groups (broad SMARTS) is 1. The van der Waals surface area contributed by atoms with Crippen LogP contribution in [0.25, 0.3) is 0 Å². The minimum absolute atomic E-state index is 0.109. The first-order valence-electron chi connectivity index (χ1n) is 5.42. The largest absolute Gasteiger partial charge is 0.481 e. The van der Waals surface area contributed by atoms with E-state index < -0.39 is 12.1 Å². The summed E-state index contributed by atoms with van der Waals surface area (Å²) in [6.07, 6.45) is -0.944. The van der Waals surface area contributed by atoms with Crippen LogP contribution in [0, 0.1) is 0 Å². The monoisotopic (exact) mass is 248 g/mol. The Labute approximate surface area is 100 Å². The van der Waals surface area contributed by atoms with Crippen molar-refractivity contribution in [3.8, 4) is 0 Å². The fourth-order valence-corrected chi connectivity index (χ4v) is 1.13. The van der Waals surface area contributed by atoms with E-state index in [2.05, 4.69) is 10.6 Å². The van der Waals surface area contributed by atoms with Gasteiger partial charge in [0.15, 0.2) is 0 Å². The van der Waals surface area contributed by atoms with Gasteiger partial charge < -0.3 is 25.6 Å². The molecular formula is C10H20N2O5. The maximum atomic E-state index is 11.2. The average molecular weight is 248 g/mol. The molecule has 7 heteroatoms. The number of nitrogens with one attached hydrogen (secondary N) is 2. The first kappa shape index (κ1) is 15.8. The van der Waals surface area contributed by atoms with E-state index in [1.54, 1.807) is 7.11 Å². The van der Waals surface area contributed by atoms with Crippen LogP contribution in [-0.2, 0) is 14.3 Å². The van der Waals surface area contributed by atoms with E-state index in [-0.39, 0.29) is 25.3 Å². The summed E-state index contributed by atoms with van der Waals surface area (Å²) in [5, 5.41) is 23.0. The number of aliphatic hydroxyl groups is 1. The van der Waals surface area contributed by atoms with Crippen LogP contribution in [0.2, 0.25) is 0 Å². The van der Waals surface area contributed by atoms with Gasteiger partial charge in [0.1, 0.15) is 0 Å². The van der Waals surface area contributed by atoms with Crippen molar-refractivity contribution in [3.05, 3.63) is 0 Å². The van der Waals surface area contributed by atoms with Gasteiger partial charge in [-0.25, -0.2) is 0 Å². The van der Waals surface area contributed by atoms with Crippen LogP contribution in [-0.4, -0.2) is 61.5 Å². The molecule has 7 nitrogen and oxygen atoms in total. The normalized spacial score (nSPS) is 12.1. The predicted molar refractivity (Wildman–Crippen MR) is 60.6 cm³/mol. The molecule has 1 unspecified atom stereocenters. The number of carbonyl (C=O) groups is 2. The van der Waals surface area contributed by atoms with E-state index in [9.17, 15) is 14.7 Å². The summed E-state index contributed by atoms with van der Waals surface area (Å²) in [6.45, 7) is 1.50. The lowest BCUT2D eigenvalue weighted by Gasteiger charge is -2.09. The third-order valence-corrected chi connectivity index (χ3v) is 1.95. The molecule has 0 heterocycles. The Kier molecular flexibility index (Phi) is 9.31. The molecule has 0 spiro atoms. The van der Waals surface area contributed by atoms with Gasteiger partial charge >= 0.3 is 5.97 Å². The highest BCUT2D eigenvalue weighted by Crippen LogP contribution is 1.89. The smallest absolute Gasteiger partial charge is 0.306 e. The maximum Gasteiger partial charge on any atom is 0.306 e. The molecule has 0 aromatic heterocycles. The minimum Gasteiger partial charge on any atom is -0.481 e. The number of methoxy groups -OCH3 is 1. The van der Waals surface area contributed by atoms with Crippen molar-refractivity contribution < 1.29 is 24.5 Å². The van der Waals surface area contributed by atoms with Crippen molar-refractivity contribution in [1.82, 2.24) is 10.6 Å². The highest BCUT2D eigenvalue weighted by molar-refractivity contribution is 5.76. The Bertz CT molecular complexity index is 235. The van der Waals surface area contributed by atoms with Gasteiger partial charge in [0, 0.05) is 33.2 Å².